The number of aryl methyl sites for hydroxylation is 1. The number of benzene rings is 2. The van der Waals surface area contributed by atoms with E-state index in [1.54, 1.807) is 33.3 Å². The SMILES string of the molecule is COc1cc2c(cc1OC(C)C)-n1c(-c3cc(Cl)ccc3OC)nc(C(C)=O)c1CC2. The second-order valence-corrected chi connectivity index (χ2v) is 8.20. The van der Waals surface area contributed by atoms with Crippen LogP contribution in [-0.2, 0) is 12.8 Å². The standard InChI is InChI=1S/C24H25ClN2O4/c1-13(2)31-22-12-19-15(10-21(22)30-5)6-8-18-23(14(3)28)26-24(27(18)19)17-11-16(25)7-9-20(17)29-4/h7,9-13H,6,8H2,1-5H3. The normalized spacial score (nSPS) is 12.4. The molecule has 0 amide bonds. The van der Waals surface area contributed by atoms with Crippen molar-refractivity contribution in [3.05, 3.63) is 52.3 Å². The van der Waals surface area contributed by atoms with Crippen LogP contribution in [0.5, 0.6) is 17.2 Å². The minimum atomic E-state index is -0.0772. The number of fused-ring (bicyclic) bond motifs is 3. The Kier molecular flexibility index (Phi) is 5.67. The predicted octanol–water partition coefficient (Wildman–Crippen LogP) is 5.30. The van der Waals surface area contributed by atoms with Crippen LogP contribution in [0.4, 0.5) is 0 Å². The zero-order chi connectivity index (χ0) is 22.3. The molecule has 0 fully saturated rings. The number of hydrogen-bond donors (Lipinski definition) is 0. The van der Waals surface area contributed by atoms with E-state index in [0.29, 0.717) is 40.2 Å². The summed E-state index contributed by atoms with van der Waals surface area (Å²) in [5, 5.41) is 0.562. The van der Waals surface area contributed by atoms with Gasteiger partial charge in [0.05, 0.1) is 37.3 Å². The topological polar surface area (TPSA) is 62.6 Å². The fraction of sp³-hybridized carbons (Fsp3) is 0.333. The summed E-state index contributed by atoms with van der Waals surface area (Å²) in [6.07, 6.45) is 1.44. The van der Waals surface area contributed by atoms with Gasteiger partial charge in [-0.3, -0.25) is 9.36 Å². The molecule has 0 radical (unpaired) electrons. The molecule has 0 saturated carbocycles. The summed E-state index contributed by atoms with van der Waals surface area (Å²) in [6.45, 7) is 5.48. The molecule has 2 aromatic carbocycles. The second kappa shape index (κ2) is 8.27. The van der Waals surface area contributed by atoms with Gasteiger partial charge in [0.15, 0.2) is 17.3 Å². The Bertz CT molecular complexity index is 1170. The molecule has 6 nitrogen and oxygen atoms in total. The zero-order valence-corrected chi connectivity index (χ0v) is 19.0. The van der Waals surface area contributed by atoms with Crippen LogP contribution in [0, 0.1) is 0 Å². The highest BCUT2D eigenvalue weighted by Crippen LogP contribution is 2.41. The number of ketones is 1. The van der Waals surface area contributed by atoms with Gasteiger partial charge in [-0.25, -0.2) is 4.98 Å². The number of methoxy groups -OCH3 is 2. The van der Waals surface area contributed by atoms with Crippen molar-refractivity contribution in [1.82, 2.24) is 9.55 Å². The molecule has 1 aromatic heterocycles. The molecular weight excluding hydrogens is 416 g/mol. The molecule has 0 bridgehead atoms. The fourth-order valence-electron chi connectivity index (χ4n) is 4.02. The Morgan fingerprint density at radius 2 is 1.81 bits per heavy atom. The quantitative estimate of drug-likeness (QED) is 0.487. The molecule has 3 aromatic rings. The highest BCUT2D eigenvalue weighted by molar-refractivity contribution is 6.31. The van der Waals surface area contributed by atoms with Crippen molar-refractivity contribution >= 4 is 17.4 Å². The van der Waals surface area contributed by atoms with Gasteiger partial charge in [0, 0.05) is 18.0 Å². The number of rotatable bonds is 6. The van der Waals surface area contributed by atoms with Crippen LogP contribution in [0.2, 0.25) is 5.02 Å². The number of hydrogen-bond acceptors (Lipinski definition) is 5. The zero-order valence-electron chi connectivity index (χ0n) is 18.3. The number of carbonyl (C=O) groups excluding carboxylic acids is 1. The van der Waals surface area contributed by atoms with Crippen molar-refractivity contribution in [3.8, 4) is 34.3 Å². The van der Waals surface area contributed by atoms with E-state index in [-0.39, 0.29) is 11.9 Å². The monoisotopic (exact) mass is 440 g/mol. The Hall–Kier alpha value is -2.99. The molecule has 0 atom stereocenters. The van der Waals surface area contributed by atoms with Crippen molar-refractivity contribution in [3.63, 3.8) is 0 Å². The van der Waals surface area contributed by atoms with Crippen molar-refractivity contribution < 1.29 is 19.0 Å². The van der Waals surface area contributed by atoms with Crippen LogP contribution in [-0.4, -0.2) is 35.7 Å². The number of halogens is 1. The number of carbonyl (C=O) groups is 1. The smallest absolute Gasteiger partial charge is 0.180 e. The maximum atomic E-state index is 12.4. The maximum absolute atomic E-state index is 12.4. The number of nitrogens with zero attached hydrogens (tertiary/aromatic N) is 2. The highest BCUT2D eigenvalue weighted by atomic mass is 35.5. The van der Waals surface area contributed by atoms with E-state index in [9.17, 15) is 4.79 Å². The number of Topliss-reactive ketones (excluding diaryl/α,β-unsaturated/α-hetero) is 1. The van der Waals surface area contributed by atoms with Crippen molar-refractivity contribution in [2.24, 2.45) is 0 Å². The summed E-state index contributed by atoms with van der Waals surface area (Å²) in [6, 6.07) is 9.34. The molecule has 4 rings (SSSR count). The molecule has 1 aliphatic rings. The van der Waals surface area contributed by atoms with Crippen molar-refractivity contribution in [1.29, 1.82) is 0 Å². The lowest BCUT2D eigenvalue weighted by Gasteiger charge is -2.24. The van der Waals surface area contributed by atoms with Gasteiger partial charge in [-0.1, -0.05) is 11.6 Å². The molecule has 0 aliphatic carbocycles. The summed E-state index contributed by atoms with van der Waals surface area (Å²) < 4.78 is 19.2. The van der Waals surface area contributed by atoms with E-state index in [1.807, 2.05) is 36.6 Å². The van der Waals surface area contributed by atoms with Gasteiger partial charge in [0.25, 0.3) is 0 Å². The van der Waals surface area contributed by atoms with Gasteiger partial charge in [0.2, 0.25) is 0 Å². The second-order valence-electron chi connectivity index (χ2n) is 7.77. The maximum Gasteiger partial charge on any atom is 0.180 e. The van der Waals surface area contributed by atoms with Crippen LogP contribution in [0.3, 0.4) is 0 Å². The van der Waals surface area contributed by atoms with Crippen LogP contribution in [0.1, 0.15) is 42.5 Å². The van der Waals surface area contributed by atoms with Crippen LogP contribution in [0.25, 0.3) is 17.1 Å². The minimum Gasteiger partial charge on any atom is -0.496 e. The third-order valence-electron chi connectivity index (χ3n) is 5.31. The summed E-state index contributed by atoms with van der Waals surface area (Å²) in [7, 11) is 3.24. The number of aromatic nitrogens is 2. The van der Waals surface area contributed by atoms with Gasteiger partial charge >= 0.3 is 0 Å². The third-order valence-corrected chi connectivity index (χ3v) is 5.54. The summed E-state index contributed by atoms with van der Waals surface area (Å²) in [4.78, 5) is 17.2. The Morgan fingerprint density at radius 3 is 2.45 bits per heavy atom. The molecular formula is C24H25ClN2O4. The predicted molar refractivity (Wildman–Crippen MR) is 120 cm³/mol. The lowest BCUT2D eigenvalue weighted by Crippen LogP contribution is -2.16. The first-order valence-electron chi connectivity index (χ1n) is 10.2. The average molecular weight is 441 g/mol. The molecule has 0 N–H and O–H groups in total. The van der Waals surface area contributed by atoms with Gasteiger partial charge in [-0.05, 0) is 56.5 Å². The number of imidazole rings is 1. The van der Waals surface area contributed by atoms with Gasteiger partial charge < -0.3 is 14.2 Å². The van der Waals surface area contributed by atoms with E-state index in [0.717, 1.165) is 28.9 Å². The molecule has 2 heterocycles. The van der Waals surface area contributed by atoms with Gasteiger partial charge in [0.1, 0.15) is 17.3 Å². The Balaban J connectivity index is 2.02. The van der Waals surface area contributed by atoms with Crippen molar-refractivity contribution in [2.45, 2.75) is 39.7 Å². The van der Waals surface area contributed by atoms with Crippen LogP contribution < -0.4 is 14.2 Å². The van der Waals surface area contributed by atoms with E-state index in [1.165, 1.54) is 0 Å². The summed E-state index contributed by atoms with van der Waals surface area (Å²) >= 11 is 6.30. The first-order chi connectivity index (χ1) is 14.8. The Morgan fingerprint density at radius 1 is 1.06 bits per heavy atom. The van der Waals surface area contributed by atoms with Gasteiger partial charge in [-0.15, -0.1) is 0 Å². The first kappa shape index (κ1) is 21.2. The molecule has 0 spiro atoms. The molecule has 1 aliphatic heterocycles. The number of ether oxygens (including phenoxy) is 3. The summed E-state index contributed by atoms with van der Waals surface area (Å²) in [5.41, 5.74) is 4.06. The third kappa shape index (κ3) is 3.76. The lowest BCUT2D eigenvalue weighted by molar-refractivity contribution is 0.101. The molecule has 7 heteroatoms. The minimum absolute atomic E-state index is 0.0157. The largest absolute Gasteiger partial charge is 0.496 e. The van der Waals surface area contributed by atoms with E-state index in [4.69, 9.17) is 30.8 Å². The lowest BCUT2D eigenvalue weighted by atomic mass is 9.98. The average Bonchev–Trinajstić information content (AvgIpc) is 3.13. The van der Waals surface area contributed by atoms with E-state index >= 15 is 0 Å². The van der Waals surface area contributed by atoms with Crippen molar-refractivity contribution in [2.75, 3.05) is 14.2 Å². The molecule has 162 valence electrons. The van der Waals surface area contributed by atoms with Crippen LogP contribution >= 0.6 is 11.6 Å². The fourth-order valence-corrected chi connectivity index (χ4v) is 4.19. The Labute approximate surface area is 186 Å². The first-order valence-corrected chi connectivity index (χ1v) is 10.6. The highest BCUT2D eigenvalue weighted by Gasteiger charge is 2.29. The molecule has 0 saturated heterocycles. The molecule has 31 heavy (non-hydrogen) atoms. The van der Waals surface area contributed by atoms with Gasteiger partial charge in [-0.2, -0.15) is 0 Å². The van der Waals surface area contributed by atoms with Crippen LogP contribution in [0.15, 0.2) is 30.3 Å². The van der Waals surface area contributed by atoms with E-state index < -0.39 is 0 Å². The molecule has 0 unspecified atom stereocenters. The summed E-state index contributed by atoms with van der Waals surface area (Å²) in [5.74, 6) is 2.50. The van der Waals surface area contributed by atoms with E-state index in [2.05, 4.69) is 0 Å².